The Balaban J connectivity index is 1.79. The Morgan fingerprint density at radius 2 is 1.64 bits per heavy atom. The van der Waals surface area contributed by atoms with Crippen molar-refractivity contribution in [2.75, 3.05) is 0 Å². The Bertz CT molecular complexity index is 1040. The predicted molar refractivity (Wildman–Crippen MR) is 102 cm³/mol. The van der Waals surface area contributed by atoms with Gasteiger partial charge in [-0.05, 0) is 36.6 Å². The minimum absolute atomic E-state index is 0.658. The van der Waals surface area contributed by atoms with Crippen LogP contribution in [0.2, 0.25) is 0 Å². The second-order valence-electron chi connectivity index (χ2n) is 6.16. The van der Waals surface area contributed by atoms with Gasteiger partial charge in [0.15, 0.2) is 5.82 Å². The molecule has 4 rings (SSSR count). The SMILES string of the molecule is CCc1ccc(-c2nc(-c3ncc4ccccc4n3)ccc2C)cc1. The van der Waals surface area contributed by atoms with Gasteiger partial charge in [0.1, 0.15) is 5.69 Å². The van der Waals surface area contributed by atoms with E-state index in [1.807, 2.05) is 36.5 Å². The molecule has 122 valence electrons. The zero-order valence-electron chi connectivity index (χ0n) is 14.4. The minimum Gasteiger partial charge on any atom is -0.244 e. The van der Waals surface area contributed by atoms with Gasteiger partial charge in [-0.15, -0.1) is 0 Å². The van der Waals surface area contributed by atoms with E-state index >= 15 is 0 Å². The second-order valence-corrected chi connectivity index (χ2v) is 6.16. The van der Waals surface area contributed by atoms with E-state index in [-0.39, 0.29) is 0 Å². The summed E-state index contributed by atoms with van der Waals surface area (Å²) < 4.78 is 0. The van der Waals surface area contributed by atoms with E-state index in [4.69, 9.17) is 4.98 Å². The van der Waals surface area contributed by atoms with Crippen molar-refractivity contribution in [3.8, 4) is 22.8 Å². The van der Waals surface area contributed by atoms with Gasteiger partial charge in [-0.2, -0.15) is 0 Å². The zero-order valence-corrected chi connectivity index (χ0v) is 14.4. The van der Waals surface area contributed by atoms with E-state index in [1.54, 1.807) is 0 Å². The summed E-state index contributed by atoms with van der Waals surface area (Å²) >= 11 is 0. The highest BCUT2D eigenvalue weighted by atomic mass is 14.9. The lowest BCUT2D eigenvalue weighted by Gasteiger charge is -2.09. The standard InChI is InChI=1S/C22H19N3/c1-3-16-9-11-17(12-10-16)21-15(2)8-13-20(24-21)22-23-14-18-6-4-5-7-19(18)25-22/h4-14H,3H2,1-2H3. The summed E-state index contributed by atoms with van der Waals surface area (Å²) in [7, 11) is 0. The molecule has 2 aromatic heterocycles. The van der Waals surface area contributed by atoms with Gasteiger partial charge in [-0.1, -0.05) is 55.5 Å². The maximum absolute atomic E-state index is 4.85. The Kier molecular flexibility index (Phi) is 3.98. The fourth-order valence-corrected chi connectivity index (χ4v) is 2.94. The number of aryl methyl sites for hydroxylation is 2. The molecule has 4 aromatic rings. The highest BCUT2D eigenvalue weighted by molar-refractivity contribution is 5.79. The zero-order chi connectivity index (χ0) is 17.2. The molecular weight excluding hydrogens is 306 g/mol. The lowest BCUT2D eigenvalue weighted by Crippen LogP contribution is -1.96. The molecular formula is C22H19N3. The summed E-state index contributed by atoms with van der Waals surface area (Å²) in [6.07, 6.45) is 2.90. The number of aromatic nitrogens is 3. The molecule has 0 bridgehead atoms. The molecule has 0 saturated heterocycles. The number of nitrogens with zero attached hydrogens (tertiary/aromatic N) is 3. The van der Waals surface area contributed by atoms with E-state index in [2.05, 4.69) is 54.1 Å². The van der Waals surface area contributed by atoms with Crippen LogP contribution in [0, 0.1) is 6.92 Å². The van der Waals surface area contributed by atoms with Crippen LogP contribution in [0.1, 0.15) is 18.1 Å². The number of fused-ring (bicyclic) bond motifs is 1. The van der Waals surface area contributed by atoms with E-state index in [1.165, 1.54) is 5.56 Å². The fraction of sp³-hybridized carbons (Fsp3) is 0.136. The quantitative estimate of drug-likeness (QED) is 0.518. The molecule has 0 unspecified atom stereocenters. The third kappa shape index (κ3) is 3.01. The molecule has 2 heterocycles. The molecule has 0 saturated carbocycles. The second kappa shape index (κ2) is 6.44. The third-order valence-electron chi connectivity index (χ3n) is 4.45. The molecule has 3 heteroatoms. The summed E-state index contributed by atoms with van der Waals surface area (Å²) in [5.41, 5.74) is 6.31. The first-order valence-corrected chi connectivity index (χ1v) is 8.53. The first kappa shape index (κ1) is 15.5. The maximum atomic E-state index is 4.85. The van der Waals surface area contributed by atoms with Crippen molar-refractivity contribution in [2.24, 2.45) is 0 Å². The van der Waals surface area contributed by atoms with Crippen molar-refractivity contribution >= 4 is 10.9 Å². The number of hydrogen-bond donors (Lipinski definition) is 0. The van der Waals surface area contributed by atoms with Gasteiger partial charge in [-0.3, -0.25) is 0 Å². The van der Waals surface area contributed by atoms with Gasteiger partial charge in [-0.25, -0.2) is 15.0 Å². The lowest BCUT2D eigenvalue weighted by molar-refractivity contribution is 1.14. The summed E-state index contributed by atoms with van der Waals surface area (Å²) in [5, 5.41) is 1.04. The van der Waals surface area contributed by atoms with Crippen molar-refractivity contribution in [2.45, 2.75) is 20.3 Å². The number of hydrogen-bond acceptors (Lipinski definition) is 3. The van der Waals surface area contributed by atoms with E-state index in [0.717, 1.165) is 39.8 Å². The summed E-state index contributed by atoms with van der Waals surface area (Å²) in [6, 6.07) is 20.7. The first-order chi connectivity index (χ1) is 12.2. The van der Waals surface area contributed by atoms with Gasteiger partial charge >= 0.3 is 0 Å². The molecule has 0 aliphatic heterocycles. The maximum Gasteiger partial charge on any atom is 0.178 e. The molecule has 0 fully saturated rings. The molecule has 0 aliphatic carbocycles. The fourth-order valence-electron chi connectivity index (χ4n) is 2.94. The monoisotopic (exact) mass is 325 g/mol. The Labute approximate surface area is 147 Å². The van der Waals surface area contributed by atoms with E-state index < -0.39 is 0 Å². The van der Waals surface area contributed by atoms with Crippen molar-refractivity contribution in [3.63, 3.8) is 0 Å². The third-order valence-corrected chi connectivity index (χ3v) is 4.45. The van der Waals surface area contributed by atoms with Gasteiger partial charge in [0.2, 0.25) is 0 Å². The average Bonchev–Trinajstić information content (AvgIpc) is 2.68. The van der Waals surface area contributed by atoms with Crippen LogP contribution in [0.3, 0.4) is 0 Å². The lowest BCUT2D eigenvalue weighted by atomic mass is 10.0. The predicted octanol–water partition coefficient (Wildman–Crippen LogP) is 5.23. The average molecular weight is 325 g/mol. The van der Waals surface area contributed by atoms with E-state index in [9.17, 15) is 0 Å². The molecule has 0 atom stereocenters. The normalized spacial score (nSPS) is 11.0. The Morgan fingerprint density at radius 1 is 0.840 bits per heavy atom. The van der Waals surface area contributed by atoms with Gasteiger partial charge in [0.25, 0.3) is 0 Å². The summed E-state index contributed by atoms with van der Waals surface area (Å²) in [4.78, 5) is 14.0. The largest absolute Gasteiger partial charge is 0.244 e. The van der Waals surface area contributed by atoms with Crippen molar-refractivity contribution in [1.82, 2.24) is 15.0 Å². The molecule has 0 amide bonds. The molecule has 0 aliphatic rings. The molecule has 0 N–H and O–H groups in total. The smallest absolute Gasteiger partial charge is 0.178 e. The highest BCUT2D eigenvalue weighted by Gasteiger charge is 2.09. The molecule has 0 spiro atoms. The molecule has 3 nitrogen and oxygen atoms in total. The van der Waals surface area contributed by atoms with Crippen molar-refractivity contribution < 1.29 is 0 Å². The first-order valence-electron chi connectivity index (χ1n) is 8.53. The molecule has 25 heavy (non-hydrogen) atoms. The molecule has 2 aromatic carbocycles. The number of benzene rings is 2. The summed E-state index contributed by atoms with van der Waals surface area (Å²) in [5.74, 6) is 0.658. The van der Waals surface area contributed by atoms with Gasteiger partial charge in [0.05, 0.1) is 11.2 Å². The number of para-hydroxylation sites is 1. The topological polar surface area (TPSA) is 38.7 Å². The van der Waals surface area contributed by atoms with Crippen LogP contribution in [-0.4, -0.2) is 15.0 Å². The minimum atomic E-state index is 0.658. The summed E-state index contributed by atoms with van der Waals surface area (Å²) in [6.45, 7) is 4.25. The van der Waals surface area contributed by atoms with Gasteiger partial charge in [0, 0.05) is 17.1 Å². The van der Waals surface area contributed by atoms with Crippen LogP contribution in [0.4, 0.5) is 0 Å². The van der Waals surface area contributed by atoms with Crippen LogP contribution < -0.4 is 0 Å². The Morgan fingerprint density at radius 3 is 2.44 bits per heavy atom. The van der Waals surface area contributed by atoms with Crippen LogP contribution in [0.25, 0.3) is 33.7 Å². The molecule has 0 radical (unpaired) electrons. The van der Waals surface area contributed by atoms with Gasteiger partial charge < -0.3 is 0 Å². The Hall–Kier alpha value is -3.07. The van der Waals surface area contributed by atoms with Crippen molar-refractivity contribution in [3.05, 3.63) is 78.0 Å². The van der Waals surface area contributed by atoms with Crippen LogP contribution >= 0.6 is 0 Å². The van der Waals surface area contributed by atoms with Crippen molar-refractivity contribution in [1.29, 1.82) is 0 Å². The van der Waals surface area contributed by atoms with Crippen LogP contribution in [0.15, 0.2) is 66.9 Å². The van der Waals surface area contributed by atoms with Crippen LogP contribution in [0.5, 0.6) is 0 Å². The van der Waals surface area contributed by atoms with E-state index in [0.29, 0.717) is 5.82 Å². The highest BCUT2D eigenvalue weighted by Crippen LogP contribution is 2.25. The van der Waals surface area contributed by atoms with Crippen LogP contribution in [-0.2, 0) is 6.42 Å². The number of rotatable bonds is 3. The number of pyridine rings is 1.